The quantitative estimate of drug-likeness (QED) is 0.671. The number of para-hydroxylation sites is 1. The summed E-state index contributed by atoms with van der Waals surface area (Å²) in [5.74, 6) is 0.492. The Balaban J connectivity index is 2.26. The standard InChI is InChI=1S/C17H19BrClN/c1-11(2)14-6-4-5-7-17(14)20-12(3)15-9-8-13(18)10-16(15)19/h4-12,20H,1-3H3. The maximum atomic E-state index is 6.32. The van der Waals surface area contributed by atoms with Crippen LogP contribution in [0, 0.1) is 0 Å². The largest absolute Gasteiger partial charge is 0.378 e. The van der Waals surface area contributed by atoms with E-state index >= 15 is 0 Å². The van der Waals surface area contributed by atoms with Crippen LogP contribution in [0.25, 0.3) is 0 Å². The van der Waals surface area contributed by atoms with Gasteiger partial charge in [-0.05, 0) is 42.2 Å². The number of rotatable bonds is 4. The van der Waals surface area contributed by atoms with Crippen LogP contribution in [-0.4, -0.2) is 0 Å². The molecule has 1 unspecified atom stereocenters. The van der Waals surface area contributed by atoms with Crippen molar-refractivity contribution in [2.24, 2.45) is 0 Å². The van der Waals surface area contributed by atoms with E-state index in [-0.39, 0.29) is 6.04 Å². The summed E-state index contributed by atoms with van der Waals surface area (Å²) in [5, 5.41) is 4.35. The van der Waals surface area contributed by atoms with E-state index in [0.717, 1.165) is 15.1 Å². The Morgan fingerprint density at radius 2 is 1.70 bits per heavy atom. The zero-order valence-corrected chi connectivity index (χ0v) is 14.3. The van der Waals surface area contributed by atoms with E-state index in [9.17, 15) is 0 Å². The molecule has 106 valence electrons. The maximum absolute atomic E-state index is 6.32. The van der Waals surface area contributed by atoms with E-state index in [0.29, 0.717) is 5.92 Å². The summed E-state index contributed by atoms with van der Waals surface area (Å²) < 4.78 is 1.00. The molecule has 0 bridgehead atoms. The van der Waals surface area contributed by atoms with Crippen LogP contribution in [0.5, 0.6) is 0 Å². The number of anilines is 1. The highest BCUT2D eigenvalue weighted by Gasteiger charge is 2.12. The summed E-state index contributed by atoms with van der Waals surface area (Å²) in [7, 11) is 0. The lowest BCUT2D eigenvalue weighted by atomic mass is 10.00. The van der Waals surface area contributed by atoms with Gasteiger partial charge in [-0.1, -0.05) is 65.6 Å². The Kier molecular flexibility index (Phi) is 5.11. The molecule has 2 aromatic rings. The molecule has 2 rings (SSSR count). The van der Waals surface area contributed by atoms with Gasteiger partial charge in [0.25, 0.3) is 0 Å². The lowest BCUT2D eigenvalue weighted by Gasteiger charge is -2.21. The van der Waals surface area contributed by atoms with Gasteiger partial charge in [-0.3, -0.25) is 0 Å². The van der Waals surface area contributed by atoms with Gasteiger partial charge < -0.3 is 5.32 Å². The Morgan fingerprint density at radius 1 is 1.00 bits per heavy atom. The molecule has 0 amide bonds. The van der Waals surface area contributed by atoms with Gasteiger partial charge >= 0.3 is 0 Å². The van der Waals surface area contributed by atoms with Crippen LogP contribution in [0.2, 0.25) is 5.02 Å². The van der Waals surface area contributed by atoms with Crippen molar-refractivity contribution in [2.75, 3.05) is 5.32 Å². The average molecular weight is 353 g/mol. The van der Waals surface area contributed by atoms with E-state index < -0.39 is 0 Å². The van der Waals surface area contributed by atoms with E-state index in [4.69, 9.17) is 11.6 Å². The molecular formula is C17H19BrClN. The van der Waals surface area contributed by atoms with Crippen LogP contribution in [0.1, 0.15) is 43.9 Å². The van der Waals surface area contributed by atoms with Crippen molar-refractivity contribution in [1.82, 2.24) is 0 Å². The summed E-state index contributed by atoms with van der Waals surface area (Å²) in [5.41, 5.74) is 3.61. The molecule has 0 heterocycles. The van der Waals surface area contributed by atoms with Gasteiger partial charge in [-0.2, -0.15) is 0 Å². The summed E-state index contributed by atoms with van der Waals surface area (Å²) in [6, 6.07) is 14.6. The second-order valence-electron chi connectivity index (χ2n) is 5.27. The molecule has 0 spiro atoms. The van der Waals surface area contributed by atoms with Crippen molar-refractivity contribution in [2.45, 2.75) is 32.7 Å². The third-order valence-corrected chi connectivity index (χ3v) is 4.20. The number of halogens is 2. The van der Waals surface area contributed by atoms with Crippen LogP contribution in [0.15, 0.2) is 46.9 Å². The fourth-order valence-corrected chi connectivity index (χ4v) is 3.13. The molecular weight excluding hydrogens is 334 g/mol. The molecule has 1 nitrogen and oxygen atoms in total. The Morgan fingerprint density at radius 3 is 2.35 bits per heavy atom. The fraction of sp³-hybridized carbons (Fsp3) is 0.294. The highest BCUT2D eigenvalue weighted by atomic mass is 79.9. The molecule has 0 aliphatic heterocycles. The molecule has 0 saturated carbocycles. The van der Waals surface area contributed by atoms with E-state index in [1.807, 2.05) is 12.1 Å². The van der Waals surface area contributed by atoms with E-state index in [2.05, 4.69) is 72.3 Å². The molecule has 1 atom stereocenters. The van der Waals surface area contributed by atoms with Gasteiger partial charge in [0.15, 0.2) is 0 Å². The molecule has 0 fully saturated rings. The summed E-state index contributed by atoms with van der Waals surface area (Å²) >= 11 is 9.76. The maximum Gasteiger partial charge on any atom is 0.0500 e. The molecule has 1 N–H and O–H groups in total. The second kappa shape index (κ2) is 6.64. The molecule has 0 saturated heterocycles. The first-order chi connectivity index (χ1) is 9.49. The fourth-order valence-electron chi connectivity index (χ4n) is 2.30. The van der Waals surface area contributed by atoms with E-state index in [1.54, 1.807) is 0 Å². The molecule has 0 aliphatic rings. The molecule has 0 radical (unpaired) electrons. The predicted molar refractivity (Wildman–Crippen MR) is 91.7 cm³/mol. The van der Waals surface area contributed by atoms with Crippen LogP contribution in [0.3, 0.4) is 0 Å². The molecule has 20 heavy (non-hydrogen) atoms. The number of hydrogen-bond donors (Lipinski definition) is 1. The highest BCUT2D eigenvalue weighted by Crippen LogP contribution is 2.31. The first kappa shape index (κ1) is 15.4. The van der Waals surface area contributed by atoms with Gasteiger partial charge in [0.2, 0.25) is 0 Å². The van der Waals surface area contributed by atoms with Gasteiger partial charge in [-0.15, -0.1) is 0 Å². The normalized spacial score (nSPS) is 12.5. The third kappa shape index (κ3) is 3.56. The zero-order valence-electron chi connectivity index (χ0n) is 12.0. The lowest BCUT2D eigenvalue weighted by molar-refractivity contribution is 0.841. The van der Waals surface area contributed by atoms with Crippen molar-refractivity contribution in [1.29, 1.82) is 0 Å². The summed E-state index contributed by atoms with van der Waals surface area (Å²) in [6.45, 7) is 6.54. The van der Waals surface area contributed by atoms with Crippen molar-refractivity contribution in [3.63, 3.8) is 0 Å². The smallest absolute Gasteiger partial charge is 0.0500 e. The highest BCUT2D eigenvalue weighted by molar-refractivity contribution is 9.10. The van der Waals surface area contributed by atoms with Gasteiger partial charge in [0.05, 0.1) is 6.04 Å². The number of hydrogen-bond acceptors (Lipinski definition) is 1. The first-order valence-electron chi connectivity index (χ1n) is 6.79. The molecule has 0 aromatic heterocycles. The minimum Gasteiger partial charge on any atom is -0.378 e. The predicted octanol–water partition coefficient (Wildman–Crippen LogP) is 6.40. The lowest BCUT2D eigenvalue weighted by Crippen LogP contribution is -2.09. The minimum absolute atomic E-state index is 0.162. The van der Waals surface area contributed by atoms with E-state index in [1.165, 1.54) is 11.3 Å². The third-order valence-electron chi connectivity index (χ3n) is 3.38. The van der Waals surface area contributed by atoms with Crippen molar-refractivity contribution >= 4 is 33.2 Å². The zero-order chi connectivity index (χ0) is 14.7. The summed E-state index contributed by atoms with van der Waals surface area (Å²) in [4.78, 5) is 0. The Hall–Kier alpha value is -0.990. The molecule has 3 heteroatoms. The summed E-state index contributed by atoms with van der Waals surface area (Å²) in [6.07, 6.45) is 0. The van der Waals surface area contributed by atoms with Crippen LogP contribution in [0.4, 0.5) is 5.69 Å². The van der Waals surface area contributed by atoms with Crippen molar-refractivity contribution in [3.05, 3.63) is 63.1 Å². The number of benzene rings is 2. The van der Waals surface area contributed by atoms with Crippen LogP contribution < -0.4 is 5.32 Å². The van der Waals surface area contributed by atoms with Gasteiger partial charge in [0, 0.05) is 15.2 Å². The first-order valence-corrected chi connectivity index (χ1v) is 7.96. The topological polar surface area (TPSA) is 12.0 Å². The van der Waals surface area contributed by atoms with Crippen LogP contribution >= 0.6 is 27.5 Å². The van der Waals surface area contributed by atoms with Crippen LogP contribution in [-0.2, 0) is 0 Å². The number of nitrogens with one attached hydrogen (secondary N) is 1. The molecule has 0 aliphatic carbocycles. The minimum atomic E-state index is 0.162. The Labute approximate surface area is 134 Å². The van der Waals surface area contributed by atoms with Crippen molar-refractivity contribution in [3.8, 4) is 0 Å². The van der Waals surface area contributed by atoms with Gasteiger partial charge in [0.1, 0.15) is 0 Å². The second-order valence-corrected chi connectivity index (χ2v) is 6.60. The monoisotopic (exact) mass is 351 g/mol. The van der Waals surface area contributed by atoms with Crippen molar-refractivity contribution < 1.29 is 0 Å². The average Bonchev–Trinajstić information content (AvgIpc) is 2.38. The van der Waals surface area contributed by atoms with Gasteiger partial charge in [-0.25, -0.2) is 0 Å². The SMILES string of the molecule is CC(C)c1ccccc1NC(C)c1ccc(Br)cc1Cl. The Bertz CT molecular complexity index is 595. The molecule has 2 aromatic carbocycles.